The zero-order valence-electron chi connectivity index (χ0n) is 12.0. The summed E-state index contributed by atoms with van der Waals surface area (Å²) in [4.78, 5) is 20.7. The van der Waals surface area contributed by atoms with Gasteiger partial charge in [0.25, 0.3) is 5.69 Å². The number of hydrogen-bond acceptors (Lipinski definition) is 6. The number of hydrogen-bond donors (Lipinski definition) is 1. The van der Waals surface area contributed by atoms with Gasteiger partial charge in [-0.3, -0.25) is 20.2 Å². The Balaban J connectivity index is 1.90. The lowest BCUT2D eigenvalue weighted by molar-refractivity contribution is -0.393. The molecule has 8 heteroatoms. The fourth-order valence-corrected chi connectivity index (χ4v) is 2.53. The van der Waals surface area contributed by atoms with E-state index in [1.807, 2.05) is 30.3 Å². The van der Waals surface area contributed by atoms with Crippen molar-refractivity contribution in [2.45, 2.75) is 12.5 Å². The zero-order valence-corrected chi connectivity index (χ0v) is 12.0. The van der Waals surface area contributed by atoms with Crippen molar-refractivity contribution in [2.75, 3.05) is 11.9 Å². The highest BCUT2D eigenvalue weighted by atomic mass is 16.6. The number of benzene rings is 2. The van der Waals surface area contributed by atoms with Gasteiger partial charge < -0.3 is 10.1 Å². The van der Waals surface area contributed by atoms with E-state index >= 15 is 0 Å². The van der Waals surface area contributed by atoms with Crippen LogP contribution >= 0.6 is 0 Å². The summed E-state index contributed by atoms with van der Waals surface area (Å²) in [5, 5.41) is 25.0. The highest BCUT2D eigenvalue weighted by Crippen LogP contribution is 2.41. The summed E-state index contributed by atoms with van der Waals surface area (Å²) < 4.78 is 5.75. The lowest BCUT2D eigenvalue weighted by Crippen LogP contribution is -2.33. The van der Waals surface area contributed by atoms with Crippen LogP contribution in [0.5, 0.6) is 5.75 Å². The van der Waals surface area contributed by atoms with E-state index in [1.165, 1.54) is 6.07 Å². The maximum atomic E-state index is 11.1. The van der Waals surface area contributed by atoms with Crippen LogP contribution in [0.1, 0.15) is 5.56 Å². The molecule has 8 nitrogen and oxygen atoms in total. The van der Waals surface area contributed by atoms with Crippen molar-refractivity contribution < 1.29 is 14.6 Å². The number of nitrogens with zero attached hydrogens (tertiary/aromatic N) is 2. The Morgan fingerprint density at radius 3 is 2.52 bits per heavy atom. The number of nitro groups is 2. The molecule has 0 saturated carbocycles. The number of rotatable bonds is 4. The van der Waals surface area contributed by atoms with Crippen LogP contribution in [0.15, 0.2) is 42.5 Å². The molecule has 0 aliphatic carbocycles. The Morgan fingerprint density at radius 1 is 1.13 bits per heavy atom. The molecule has 1 aliphatic heterocycles. The summed E-state index contributed by atoms with van der Waals surface area (Å²) in [6, 6.07) is 11.8. The highest BCUT2D eigenvalue weighted by Gasteiger charge is 2.30. The highest BCUT2D eigenvalue weighted by molar-refractivity contribution is 5.74. The molecule has 0 radical (unpaired) electrons. The van der Waals surface area contributed by atoms with E-state index in [9.17, 15) is 20.2 Å². The molecule has 0 saturated heterocycles. The summed E-state index contributed by atoms with van der Waals surface area (Å²) >= 11 is 0. The van der Waals surface area contributed by atoms with E-state index in [0.29, 0.717) is 13.0 Å². The molecule has 1 N–H and O–H groups in total. The van der Waals surface area contributed by atoms with Gasteiger partial charge in [0.05, 0.1) is 28.5 Å². The summed E-state index contributed by atoms with van der Waals surface area (Å²) in [5.74, 6) is 0.137. The number of anilines is 1. The predicted octanol–water partition coefficient (Wildman–Crippen LogP) is 2.92. The minimum atomic E-state index is -0.669. The molecular weight excluding hydrogens is 302 g/mol. The summed E-state index contributed by atoms with van der Waals surface area (Å²) in [6.07, 6.45) is 0.343. The minimum absolute atomic E-state index is 0.137. The van der Waals surface area contributed by atoms with Gasteiger partial charge in [0.1, 0.15) is 6.10 Å². The van der Waals surface area contributed by atoms with E-state index in [2.05, 4.69) is 5.32 Å². The van der Waals surface area contributed by atoms with Gasteiger partial charge in [-0.25, -0.2) is 0 Å². The maximum Gasteiger partial charge on any atom is 0.303 e. The topological polar surface area (TPSA) is 108 Å². The van der Waals surface area contributed by atoms with Crippen molar-refractivity contribution in [1.82, 2.24) is 0 Å². The molecule has 1 unspecified atom stereocenters. The van der Waals surface area contributed by atoms with E-state index in [0.717, 1.165) is 11.6 Å². The monoisotopic (exact) mass is 315 g/mol. The summed E-state index contributed by atoms with van der Waals surface area (Å²) in [5.41, 5.74) is 0.526. The van der Waals surface area contributed by atoms with Crippen LogP contribution in [0, 0.1) is 20.2 Å². The smallest absolute Gasteiger partial charge is 0.303 e. The van der Waals surface area contributed by atoms with Crippen molar-refractivity contribution >= 4 is 17.1 Å². The Kier molecular flexibility index (Phi) is 3.80. The van der Waals surface area contributed by atoms with Crippen LogP contribution < -0.4 is 10.1 Å². The van der Waals surface area contributed by atoms with Gasteiger partial charge in [-0.1, -0.05) is 30.3 Å². The first-order valence-electron chi connectivity index (χ1n) is 6.96. The van der Waals surface area contributed by atoms with Gasteiger partial charge >= 0.3 is 5.69 Å². The summed E-state index contributed by atoms with van der Waals surface area (Å²) in [6.45, 7) is 0.389. The summed E-state index contributed by atoms with van der Waals surface area (Å²) in [7, 11) is 0. The Hall–Kier alpha value is -3.16. The molecule has 1 aliphatic rings. The van der Waals surface area contributed by atoms with E-state index in [4.69, 9.17) is 4.74 Å². The molecule has 2 aromatic rings. The van der Waals surface area contributed by atoms with Crippen LogP contribution in [-0.4, -0.2) is 22.5 Å². The molecular formula is C15H13N3O5. The van der Waals surface area contributed by atoms with Crippen LogP contribution in [0.4, 0.5) is 17.1 Å². The van der Waals surface area contributed by atoms with Crippen molar-refractivity contribution in [2.24, 2.45) is 0 Å². The standard InChI is InChI=1S/C15H13N3O5/c19-17(20)11-7-13(18(21)22)15-14(8-11)23-12(9-16-15)6-10-4-2-1-3-5-10/h1-5,7-8,12,16H,6,9H2. The third-order valence-electron chi connectivity index (χ3n) is 3.58. The van der Waals surface area contributed by atoms with Crippen LogP contribution in [0.25, 0.3) is 0 Å². The fraction of sp³-hybridized carbons (Fsp3) is 0.200. The number of ether oxygens (including phenoxy) is 1. The number of nitrogens with one attached hydrogen (secondary N) is 1. The van der Waals surface area contributed by atoms with Gasteiger partial charge in [0.15, 0.2) is 11.4 Å². The first kappa shape index (κ1) is 14.8. The predicted molar refractivity (Wildman–Crippen MR) is 82.8 cm³/mol. The Morgan fingerprint density at radius 2 is 1.87 bits per heavy atom. The van der Waals surface area contributed by atoms with Gasteiger partial charge in [0, 0.05) is 6.42 Å². The first-order chi connectivity index (χ1) is 11.0. The van der Waals surface area contributed by atoms with Crippen LogP contribution in [-0.2, 0) is 6.42 Å². The third kappa shape index (κ3) is 3.05. The van der Waals surface area contributed by atoms with Gasteiger partial charge in [-0.15, -0.1) is 0 Å². The number of non-ortho nitro benzene ring substituents is 1. The molecule has 23 heavy (non-hydrogen) atoms. The van der Waals surface area contributed by atoms with Crippen LogP contribution in [0.3, 0.4) is 0 Å². The number of nitro benzene ring substituents is 2. The second-order valence-electron chi connectivity index (χ2n) is 5.16. The van der Waals surface area contributed by atoms with Crippen molar-refractivity contribution in [3.8, 4) is 5.75 Å². The van der Waals surface area contributed by atoms with Gasteiger partial charge in [0.2, 0.25) is 0 Å². The molecule has 0 bridgehead atoms. The Labute approximate surface area is 131 Å². The molecule has 1 atom stereocenters. The lowest BCUT2D eigenvalue weighted by Gasteiger charge is -2.27. The lowest BCUT2D eigenvalue weighted by atomic mass is 10.1. The average Bonchev–Trinajstić information content (AvgIpc) is 2.54. The van der Waals surface area contributed by atoms with Gasteiger partial charge in [-0.2, -0.15) is 0 Å². The number of fused-ring (bicyclic) bond motifs is 1. The first-order valence-corrected chi connectivity index (χ1v) is 6.96. The average molecular weight is 315 g/mol. The molecule has 0 amide bonds. The molecule has 2 aromatic carbocycles. The fourth-order valence-electron chi connectivity index (χ4n) is 2.53. The van der Waals surface area contributed by atoms with E-state index < -0.39 is 9.85 Å². The molecule has 118 valence electrons. The van der Waals surface area contributed by atoms with Crippen LogP contribution in [0.2, 0.25) is 0 Å². The second-order valence-corrected chi connectivity index (χ2v) is 5.16. The molecule has 0 spiro atoms. The molecule has 3 rings (SSSR count). The second kappa shape index (κ2) is 5.91. The van der Waals surface area contributed by atoms with E-state index in [-0.39, 0.29) is 28.9 Å². The minimum Gasteiger partial charge on any atom is -0.486 e. The Bertz CT molecular complexity index is 763. The largest absolute Gasteiger partial charge is 0.486 e. The quantitative estimate of drug-likeness (QED) is 0.686. The molecule has 0 aromatic heterocycles. The molecule has 1 heterocycles. The van der Waals surface area contributed by atoms with Gasteiger partial charge in [-0.05, 0) is 5.56 Å². The van der Waals surface area contributed by atoms with Crippen molar-refractivity contribution in [3.05, 3.63) is 68.3 Å². The zero-order chi connectivity index (χ0) is 16.4. The normalized spacial score (nSPS) is 15.9. The van der Waals surface area contributed by atoms with E-state index in [1.54, 1.807) is 0 Å². The van der Waals surface area contributed by atoms with Crippen molar-refractivity contribution in [1.29, 1.82) is 0 Å². The SMILES string of the molecule is O=[N+]([O-])c1cc2c(c([N+](=O)[O-])c1)NCC(Cc1ccccc1)O2. The third-order valence-corrected chi connectivity index (χ3v) is 3.58. The molecule has 0 fully saturated rings. The van der Waals surface area contributed by atoms with Crippen molar-refractivity contribution in [3.63, 3.8) is 0 Å². The maximum absolute atomic E-state index is 11.1.